The highest BCUT2D eigenvalue weighted by Crippen LogP contribution is 2.36. The van der Waals surface area contributed by atoms with E-state index in [1.165, 1.54) is 12.0 Å². The lowest BCUT2D eigenvalue weighted by molar-refractivity contribution is -0.0435. The van der Waals surface area contributed by atoms with E-state index in [9.17, 15) is 0 Å². The minimum absolute atomic E-state index is 0.0844. The van der Waals surface area contributed by atoms with Gasteiger partial charge >= 0.3 is 0 Å². The molecule has 0 amide bonds. The Morgan fingerprint density at radius 2 is 1.86 bits per heavy atom. The molecule has 0 spiro atoms. The Balaban J connectivity index is 2.71. The average Bonchev–Trinajstić information content (AvgIpc) is 2.16. The van der Waals surface area contributed by atoms with Crippen molar-refractivity contribution in [2.75, 3.05) is 14.2 Å². The summed E-state index contributed by atoms with van der Waals surface area (Å²) in [7, 11) is 3.49. The fourth-order valence-electron chi connectivity index (χ4n) is 2.44. The van der Waals surface area contributed by atoms with Crippen LogP contribution in [0.3, 0.4) is 0 Å². The molecule has 3 unspecified atom stereocenters. The normalized spacial score (nSPS) is 33.8. The molecule has 0 aliphatic heterocycles. The molecule has 1 aliphatic carbocycles. The molecule has 14 heavy (non-hydrogen) atoms. The van der Waals surface area contributed by atoms with E-state index < -0.39 is 0 Å². The Labute approximate surface area is 87.3 Å². The van der Waals surface area contributed by atoms with E-state index in [2.05, 4.69) is 20.4 Å². The summed E-state index contributed by atoms with van der Waals surface area (Å²) < 4.78 is 10.9. The first-order chi connectivity index (χ1) is 6.61. The number of hydrogen-bond acceptors (Lipinski definition) is 2. The molecule has 2 nitrogen and oxygen atoms in total. The fourth-order valence-corrected chi connectivity index (χ4v) is 2.44. The van der Waals surface area contributed by atoms with Crippen LogP contribution in [0.2, 0.25) is 0 Å². The molecule has 1 saturated carbocycles. The maximum absolute atomic E-state index is 5.46. The predicted molar refractivity (Wildman–Crippen MR) is 58.3 cm³/mol. The van der Waals surface area contributed by atoms with Crippen LogP contribution in [0.1, 0.15) is 26.7 Å². The molecule has 1 rings (SSSR count). The monoisotopic (exact) mass is 198 g/mol. The maximum atomic E-state index is 5.46. The minimum atomic E-state index is 0.0844. The van der Waals surface area contributed by atoms with Gasteiger partial charge in [-0.25, -0.2) is 0 Å². The second-order valence-corrected chi connectivity index (χ2v) is 4.43. The second-order valence-electron chi connectivity index (χ2n) is 4.43. The fraction of sp³-hybridized carbons (Fsp3) is 0.833. The molecular formula is C12H22O2. The van der Waals surface area contributed by atoms with Crippen LogP contribution in [-0.2, 0) is 9.47 Å². The van der Waals surface area contributed by atoms with Crippen molar-refractivity contribution in [1.29, 1.82) is 0 Å². The zero-order chi connectivity index (χ0) is 10.7. The summed E-state index contributed by atoms with van der Waals surface area (Å²) in [5.74, 6) is 1.24. The van der Waals surface area contributed by atoms with Gasteiger partial charge < -0.3 is 9.47 Å². The molecule has 2 heteroatoms. The highest BCUT2D eigenvalue weighted by Gasteiger charge is 2.34. The van der Waals surface area contributed by atoms with Crippen LogP contribution in [0, 0.1) is 11.8 Å². The van der Waals surface area contributed by atoms with E-state index in [0.29, 0.717) is 11.8 Å². The quantitative estimate of drug-likeness (QED) is 0.649. The molecule has 3 atom stereocenters. The molecule has 0 aromatic heterocycles. The Morgan fingerprint density at radius 1 is 1.21 bits per heavy atom. The van der Waals surface area contributed by atoms with Crippen molar-refractivity contribution >= 4 is 0 Å². The molecule has 0 radical (unpaired) electrons. The third-order valence-corrected chi connectivity index (χ3v) is 3.30. The van der Waals surface area contributed by atoms with Crippen molar-refractivity contribution in [3.05, 3.63) is 12.2 Å². The minimum Gasteiger partial charge on any atom is -0.378 e. The summed E-state index contributed by atoms with van der Waals surface area (Å²) in [6.07, 6.45) is 2.54. The van der Waals surface area contributed by atoms with E-state index in [4.69, 9.17) is 9.47 Å². The average molecular weight is 198 g/mol. The number of ether oxygens (including phenoxy) is 2. The van der Waals surface area contributed by atoms with Gasteiger partial charge in [-0.3, -0.25) is 0 Å². The Kier molecular flexibility index (Phi) is 4.14. The van der Waals surface area contributed by atoms with Crippen molar-refractivity contribution in [3.63, 3.8) is 0 Å². The van der Waals surface area contributed by atoms with Crippen molar-refractivity contribution in [3.8, 4) is 0 Å². The lowest BCUT2D eigenvalue weighted by Crippen LogP contribution is -2.39. The molecule has 0 heterocycles. The van der Waals surface area contributed by atoms with Crippen LogP contribution in [0.4, 0.5) is 0 Å². The Morgan fingerprint density at radius 3 is 2.29 bits per heavy atom. The SMILES string of the molecule is C=C1C(C(C)C)CCC(OC)C1OC. The van der Waals surface area contributed by atoms with E-state index in [1.54, 1.807) is 14.2 Å². The molecule has 0 N–H and O–H groups in total. The van der Waals surface area contributed by atoms with Gasteiger partial charge in [-0.1, -0.05) is 20.4 Å². The van der Waals surface area contributed by atoms with E-state index in [0.717, 1.165) is 6.42 Å². The lowest BCUT2D eigenvalue weighted by atomic mass is 9.75. The first kappa shape index (κ1) is 11.7. The van der Waals surface area contributed by atoms with Gasteiger partial charge in [0.1, 0.15) is 6.10 Å². The second kappa shape index (κ2) is 4.94. The summed E-state index contributed by atoms with van der Waals surface area (Å²) in [5, 5.41) is 0. The molecule has 0 bridgehead atoms. The van der Waals surface area contributed by atoms with Crippen LogP contribution in [0.25, 0.3) is 0 Å². The maximum Gasteiger partial charge on any atom is 0.104 e. The van der Waals surface area contributed by atoms with Gasteiger partial charge in [-0.2, -0.15) is 0 Å². The molecule has 0 aromatic carbocycles. The van der Waals surface area contributed by atoms with Crippen molar-refractivity contribution in [2.24, 2.45) is 11.8 Å². The molecule has 0 aromatic rings. The van der Waals surface area contributed by atoms with Gasteiger partial charge in [0.2, 0.25) is 0 Å². The first-order valence-electron chi connectivity index (χ1n) is 5.36. The third kappa shape index (κ3) is 2.18. The molecule has 82 valence electrons. The largest absolute Gasteiger partial charge is 0.378 e. The van der Waals surface area contributed by atoms with Crippen LogP contribution >= 0.6 is 0 Å². The van der Waals surface area contributed by atoms with E-state index >= 15 is 0 Å². The van der Waals surface area contributed by atoms with Crippen LogP contribution in [-0.4, -0.2) is 26.4 Å². The highest BCUT2D eigenvalue weighted by molar-refractivity contribution is 5.14. The lowest BCUT2D eigenvalue weighted by Gasteiger charge is -2.38. The van der Waals surface area contributed by atoms with Gasteiger partial charge in [-0.15, -0.1) is 0 Å². The van der Waals surface area contributed by atoms with Gasteiger partial charge in [0.15, 0.2) is 0 Å². The molecule has 1 fully saturated rings. The number of hydrogen-bond donors (Lipinski definition) is 0. The van der Waals surface area contributed by atoms with Gasteiger partial charge in [0.25, 0.3) is 0 Å². The first-order valence-corrected chi connectivity index (χ1v) is 5.36. The van der Waals surface area contributed by atoms with Crippen molar-refractivity contribution in [1.82, 2.24) is 0 Å². The summed E-state index contributed by atoms with van der Waals surface area (Å²) in [6.45, 7) is 8.65. The van der Waals surface area contributed by atoms with Gasteiger partial charge in [-0.05, 0) is 30.3 Å². The Hall–Kier alpha value is -0.340. The number of methoxy groups -OCH3 is 2. The number of rotatable bonds is 3. The molecule has 1 aliphatic rings. The summed E-state index contributed by atoms with van der Waals surface area (Å²) >= 11 is 0. The van der Waals surface area contributed by atoms with Crippen LogP contribution < -0.4 is 0 Å². The zero-order valence-corrected chi connectivity index (χ0v) is 9.75. The highest BCUT2D eigenvalue weighted by atomic mass is 16.5. The Bertz CT molecular complexity index is 198. The van der Waals surface area contributed by atoms with Gasteiger partial charge in [0.05, 0.1) is 6.10 Å². The molecular weight excluding hydrogens is 176 g/mol. The van der Waals surface area contributed by atoms with Crippen molar-refractivity contribution < 1.29 is 9.47 Å². The van der Waals surface area contributed by atoms with E-state index in [-0.39, 0.29) is 12.2 Å². The van der Waals surface area contributed by atoms with Crippen LogP contribution in [0.15, 0.2) is 12.2 Å². The van der Waals surface area contributed by atoms with E-state index in [1.807, 2.05) is 0 Å². The summed E-state index contributed by atoms with van der Waals surface area (Å²) in [4.78, 5) is 0. The smallest absolute Gasteiger partial charge is 0.104 e. The van der Waals surface area contributed by atoms with Crippen molar-refractivity contribution in [2.45, 2.75) is 38.9 Å². The summed E-state index contributed by atoms with van der Waals surface area (Å²) in [6, 6.07) is 0. The standard InChI is InChI=1S/C12H22O2/c1-8(2)10-6-7-11(13-4)12(14-5)9(10)3/h8,10-12H,3,6-7H2,1-2,4-5H3. The topological polar surface area (TPSA) is 18.5 Å². The summed E-state index contributed by atoms with van der Waals surface area (Å²) in [5.41, 5.74) is 1.21. The third-order valence-electron chi connectivity index (χ3n) is 3.30. The van der Waals surface area contributed by atoms with Crippen LogP contribution in [0.5, 0.6) is 0 Å². The van der Waals surface area contributed by atoms with Gasteiger partial charge in [0, 0.05) is 14.2 Å². The molecule has 0 saturated heterocycles. The predicted octanol–water partition coefficient (Wildman–Crippen LogP) is 2.64. The zero-order valence-electron chi connectivity index (χ0n) is 9.75.